The van der Waals surface area contributed by atoms with Gasteiger partial charge in [0.1, 0.15) is 11.8 Å². The number of carbonyl (C=O) groups is 3. The predicted molar refractivity (Wildman–Crippen MR) is 92.0 cm³/mol. The average Bonchev–Trinajstić information content (AvgIpc) is 3.12. The standard InChI is InChI=1S/C18H19N3O4/c19-18(24)15(11-13-5-2-1-3-6-13)21-17(23)12-20-16(22)9-8-14-7-4-10-25-14/h1-10,15H,11-12H2,(H2,19,24)(H,20,22)(H,21,23)/t15-/m0/s1. The molecule has 0 aliphatic heterocycles. The quantitative estimate of drug-likeness (QED) is 0.611. The average molecular weight is 341 g/mol. The summed E-state index contributed by atoms with van der Waals surface area (Å²) in [6.07, 6.45) is 4.51. The van der Waals surface area contributed by atoms with Crippen LogP contribution < -0.4 is 16.4 Å². The lowest BCUT2D eigenvalue weighted by atomic mass is 10.1. The zero-order valence-electron chi connectivity index (χ0n) is 13.5. The van der Waals surface area contributed by atoms with E-state index < -0.39 is 23.8 Å². The number of furan rings is 1. The van der Waals surface area contributed by atoms with Crippen molar-refractivity contribution in [2.24, 2.45) is 5.73 Å². The van der Waals surface area contributed by atoms with Crippen LogP contribution in [0.4, 0.5) is 0 Å². The number of primary amides is 1. The van der Waals surface area contributed by atoms with Crippen molar-refractivity contribution in [1.29, 1.82) is 0 Å². The molecule has 0 saturated heterocycles. The van der Waals surface area contributed by atoms with Crippen LogP contribution in [0.2, 0.25) is 0 Å². The molecular formula is C18H19N3O4. The van der Waals surface area contributed by atoms with E-state index >= 15 is 0 Å². The van der Waals surface area contributed by atoms with Gasteiger partial charge in [-0.3, -0.25) is 14.4 Å². The van der Waals surface area contributed by atoms with Crippen LogP contribution in [-0.2, 0) is 20.8 Å². The number of amides is 3. The molecule has 1 aromatic heterocycles. The highest BCUT2D eigenvalue weighted by Crippen LogP contribution is 2.03. The van der Waals surface area contributed by atoms with E-state index in [0.29, 0.717) is 5.76 Å². The van der Waals surface area contributed by atoms with Crippen LogP contribution in [0.5, 0.6) is 0 Å². The molecule has 25 heavy (non-hydrogen) atoms. The molecule has 130 valence electrons. The molecule has 4 N–H and O–H groups in total. The van der Waals surface area contributed by atoms with Crippen molar-refractivity contribution in [3.63, 3.8) is 0 Å². The second kappa shape index (κ2) is 9.07. The number of hydrogen-bond donors (Lipinski definition) is 3. The fourth-order valence-electron chi connectivity index (χ4n) is 2.09. The maximum absolute atomic E-state index is 11.9. The highest BCUT2D eigenvalue weighted by Gasteiger charge is 2.18. The lowest BCUT2D eigenvalue weighted by Gasteiger charge is -2.15. The topological polar surface area (TPSA) is 114 Å². The van der Waals surface area contributed by atoms with Crippen LogP contribution >= 0.6 is 0 Å². The predicted octanol–water partition coefficient (Wildman–Crippen LogP) is 0.622. The Hall–Kier alpha value is -3.35. The summed E-state index contributed by atoms with van der Waals surface area (Å²) in [5, 5.41) is 4.94. The lowest BCUT2D eigenvalue weighted by Crippen LogP contribution is -2.48. The molecule has 1 aromatic carbocycles. The van der Waals surface area contributed by atoms with E-state index in [1.807, 2.05) is 30.3 Å². The van der Waals surface area contributed by atoms with E-state index in [2.05, 4.69) is 10.6 Å². The lowest BCUT2D eigenvalue weighted by molar-refractivity contribution is -0.127. The molecule has 1 atom stereocenters. The third-order valence-electron chi connectivity index (χ3n) is 3.33. The molecule has 7 heteroatoms. The summed E-state index contributed by atoms with van der Waals surface area (Å²) in [6, 6.07) is 11.7. The summed E-state index contributed by atoms with van der Waals surface area (Å²) in [7, 11) is 0. The van der Waals surface area contributed by atoms with Gasteiger partial charge in [-0.15, -0.1) is 0 Å². The third-order valence-corrected chi connectivity index (χ3v) is 3.33. The van der Waals surface area contributed by atoms with Crippen molar-refractivity contribution in [2.75, 3.05) is 6.54 Å². The minimum absolute atomic E-state index is 0.264. The summed E-state index contributed by atoms with van der Waals surface area (Å²) >= 11 is 0. The van der Waals surface area contributed by atoms with E-state index in [9.17, 15) is 14.4 Å². The second-order valence-corrected chi connectivity index (χ2v) is 5.28. The molecule has 7 nitrogen and oxygen atoms in total. The fraction of sp³-hybridized carbons (Fsp3) is 0.167. The molecule has 0 aliphatic rings. The monoisotopic (exact) mass is 341 g/mol. The van der Waals surface area contributed by atoms with Crippen LogP contribution in [0.25, 0.3) is 6.08 Å². The van der Waals surface area contributed by atoms with Crippen LogP contribution in [0.3, 0.4) is 0 Å². The Balaban J connectivity index is 1.80. The van der Waals surface area contributed by atoms with Crippen molar-refractivity contribution in [3.8, 4) is 0 Å². The SMILES string of the molecule is NC(=O)[C@H](Cc1ccccc1)NC(=O)CNC(=O)C=Cc1ccco1. The van der Waals surface area contributed by atoms with E-state index in [-0.39, 0.29) is 13.0 Å². The van der Waals surface area contributed by atoms with Gasteiger partial charge in [0.15, 0.2) is 0 Å². The molecule has 0 unspecified atom stereocenters. The Morgan fingerprint density at radius 1 is 1.12 bits per heavy atom. The summed E-state index contributed by atoms with van der Waals surface area (Å²) in [5.74, 6) is -1.07. The Kier molecular flexibility index (Phi) is 6.53. The first-order valence-corrected chi connectivity index (χ1v) is 7.66. The van der Waals surface area contributed by atoms with Crippen LogP contribution in [0.1, 0.15) is 11.3 Å². The summed E-state index contributed by atoms with van der Waals surface area (Å²) in [5.41, 5.74) is 6.20. The molecule has 1 heterocycles. The first-order valence-electron chi connectivity index (χ1n) is 7.66. The molecule has 0 bridgehead atoms. The highest BCUT2D eigenvalue weighted by atomic mass is 16.3. The summed E-state index contributed by atoms with van der Waals surface area (Å²) < 4.78 is 5.05. The van der Waals surface area contributed by atoms with Gasteiger partial charge in [0.05, 0.1) is 12.8 Å². The second-order valence-electron chi connectivity index (χ2n) is 5.28. The Bertz CT molecular complexity index is 739. The van der Waals surface area contributed by atoms with Gasteiger partial charge in [-0.1, -0.05) is 30.3 Å². The van der Waals surface area contributed by atoms with E-state index in [1.165, 1.54) is 18.4 Å². The Morgan fingerprint density at radius 2 is 1.88 bits per heavy atom. The number of hydrogen-bond acceptors (Lipinski definition) is 4. The van der Waals surface area contributed by atoms with Gasteiger partial charge in [-0.25, -0.2) is 0 Å². The number of rotatable bonds is 8. The number of nitrogens with one attached hydrogen (secondary N) is 2. The Labute approximate surface area is 144 Å². The van der Waals surface area contributed by atoms with Crippen LogP contribution in [0.15, 0.2) is 59.2 Å². The van der Waals surface area contributed by atoms with Crippen LogP contribution in [-0.4, -0.2) is 30.3 Å². The van der Waals surface area contributed by atoms with E-state index in [1.54, 1.807) is 12.1 Å². The van der Waals surface area contributed by atoms with Gasteiger partial charge in [0.2, 0.25) is 17.7 Å². The van der Waals surface area contributed by atoms with Gasteiger partial charge in [-0.2, -0.15) is 0 Å². The molecule has 0 aliphatic carbocycles. The normalized spacial score (nSPS) is 11.8. The van der Waals surface area contributed by atoms with Gasteiger partial charge in [0, 0.05) is 12.5 Å². The zero-order valence-corrected chi connectivity index (χ0v) is 13.5. The zero-order chi connectivity index (χ0) is 18.1. The largest absolute Gasteiger partial charge is 0.465 e. The van der Waals surface area contributed by atoms with Crippen molar-refractivity contribution in [1.82, 2.24) is 10.6 Å². The number of carbonyl (C=O) groups excluding carboxylic acids is 3. The van der Waals surface area contributed by atoms with Gasteiger partial charge in [0.25, 0.3) is 0 Å². The highest BCUT2D eigenvalue weighted by molar-refractivity contribution is 5.95. The smallest absolute Gasteiger partial charge is 0.244 e. The fourth-order valence-corrected chi connectivity index (χ4v) is 2.09. The molecule has 2 aromatic rings. The molecule has 0 fully saturated rings. The van der Waals surface area contributed by atoms with Crippen molar-refractivity contribution in [2.45, 2.75) is 12.5 Å². The third kappa shape index (κ3) is 6.34. The van der Waals surface area contributed by atoms with Crippen molar-refractivity contribution in [3.05, 3.63) is 66.1 Å². The van der Waals surface area contributed by atoms with Crippen LogP contribution in [0, 0.1) is 0 Å². The number of nitrogens with two attached hydrogens (primary N) is 1. The minimum Gasteiger partial charge on any atom is -0.465 e. The maximum atomic E-state index is 11.9. The molecule has 0 radical (unpaired) electrons. The molecule has 2 rings (SSSR count). The number of benzene rings is 1. The van der Waals surface area contributed by atoms with E-state index in [4.69, 9.17) is 10.2 Å². The molecule has 3 amide bonds. The summed E-state index contributed by atoms with van der Waals surface area (Å²) in [4.78, 5) is 35.1. The van der Waals surface area contributed by atoms with E-state index in [0.717, 1.165) is 5.56 Å². The van der Waals surface area contributed by atoms with Crippen molar-refractivity contribution < 1.29 is 18.8 Å². The molecular weight excluding hydrogens is 322 g/mol. The van der Waals surface area contributed by atoms with Gasteiger partial charge < -0.3 is 20.8 Å². The first-order chi connectivity index (χ1) is 12.0. The molecule has 0 saturated carbocycles. The molecule has 0 spiro atoms. The van der Waals surface area contributed by atoms with Gasteiger partial charge >= 0.3 is 0 Å². The Morgan fingerprint density at radius 3 is 2.52 bits per heavy atom. The van der Waals surface area contributed by atoms with Crippen molar-refractivity contribution >= 4 is 23.8 Å². The van der Waals surface area contributed by atoms with Gasteiger partial charge in [-0.05, 0) is 23.8 Å². The summed E-state index contributed by atoms with van der Waals surface area (Å²) in [6.45, 7) is -0.264. The first kappa shape index (κ1) is 18.0. The maximum Gasteiger partial charge on any atom is 0.244 e. The minimum atomic E-state index is -0.842.